The maximum Gasteiger partial charge on any atom is 0.416 e. The molecule has 1 aliphatic carbocycles. The second-order valence-electron chi connectivity index (χ2n) is 8.80. The highest BCUT2D eigenvalue weighted by atomic mass is 19.4. The zero-order valence-corrected chi connectivity index (χ0v) is 18.8. The van der Waals surface area contributed by atoms with Crippen LogP contribution < -0.4 is 10.2 Å². The molecule has 3 rings (SSSR count). The van der Waals surface area contributed by atoms with Crippen LogP contribution in [-0.4, -0.2) is 49.6 Å². The summed E-state index contributed by atoms with van der Waals surface area (Å²) in [6, 6.07) is 2.96. The van der Waals surface area contributed by atoms with Gasteiger partial charge in [-0.05, 0) is 68.8 Å². The molecule has 2 fully saturated rings. The Balaban J connectivity index is 1.37. The number of piperazine rings is 1. The van der Waals surface area contributed by atoms with Gasteiger partial charge in [-0.15, -0.1) is 0 Å². The highest BCUT2D eigenvalue weighted by Crippen LogP contribution is 2.33. The zero-order valence-electron chi connectivity index (χ0n) is 18.8. The molecule has 0 unspecified atom stereocenters. The summed E-state index contributed by atoms with van der Waals surface area (Å²) in [5.74, 6) is 5.16. The van der Waals surface area contributed by atoms with Crippen LogP contribution in [0.15, 0.2) is 30.9 Å². The number of allylic oxidation sites excluding steroid dienone is 1. The molecule has 1 aliphatic heterocycles. The van der Waals surface area contributed by atoms with Gasteiger partial charge in [-0.25, -0.2) is 4.39 Å². The largest absolute Gasteiger partial charge is 0.416 e. The van der Waals surface area contributed by atoms with Crippen LogP contribution in [0.3, 0.4) is 0 Å². The molecule has 0 bridgehead atoms. The number of hydrogen-bond acceptors (Lipinski definition) is 3. The Labute approximate surface area is 193 Å². The molecule has 2 aliphatic rings. The number of hydrogen-bond donors (Lipinski definition) is 1. The van der Waals surface area contributed by atoms with Crippen molar-refractivity contribution < 1.29 is 22.4 Å². The molecule has 1 saturated heterocycles. The first-order valence-corrected chi connectivity index (χ1v) is 11.5. The van der Waals surface area contributed by atoms with Crippen molar-refractivity contribution in [2.75, 3.05) is 37.6 Å². The van der Waals surface area contributed by atoms with Crippen LogP contribution in [0.4, 0.5) is 23.2 Å². The van der Waals surface area contributed by atoms with Gasteiger partial charge in [-0.2, -0.15) is 13.2 Å². The minimum atomic E-state index is -4.56. The SMILES string of the molecule is C=CC#CCC(=O)NC1CCC(CCN2CCN(c3cc(F)cc(C(F)(F)F)c3)CC2)CC1. The monoisotopic (exact) mass is 465 g/mol. The van der Waals surface area contributed by atoms with Crippen LogP contribution in [0.25, 0.3) is 0 Å². The van der Waals surface area contributed by atoms with E-state index in [4.69, 9.17) is 0 Å². The maximum absolute atomic E-state index is 13.7. The Morgan fingerprint density at radius 2 is 1.82 bits per heavy atom. The van der Waals surface area contributed by atoms with E-state index in [1.807, 2.05) is 4.90 Å². The molecule has 0 aromatic heterocycles. The number of carbonyl (C=O) groups excluding carboxylic acids is 1. The van der Waals surface area contributed by atoms with E-state index in [1.54, 1.807) is 0 Å². The van der Waals surface area contributed by atoms with Crippen molar-refractivity contribution in [3.8, 4) is 11.8 Å². The smallest absolute Gasteiger partial charge is 0.369 e. The zero-order chi connectivity index (χ0) is 23.8. The van der Waals surface area contributed by atoms with Crippen LogP contribution in [0.1, 0.15) is 44.1 Å². The van der Waals surface area contributed by atoms with Gasteiger partial charge in [-0.1, -0.05) is 18.4 Å². The fourth-order valence-corrected chi connectivity index (χ4v) is 4.59. The van der Waals surface area contributed by atoms with Gasteiger partial charge in [0.05, 0.1) is 12.0 Å². The van der Waals surface area contributed by atoms with E-state index < -0.39 is 17.6 Å². The molecular weight excluding hydrogens is 434 g/mol. The summed E-state index contributed by atoms with van der Waals surface area (Å²) in [6.07, 6.45) is 2.29. The van der Waals surface area contributed by atoms with Crippen molar-refractivity contribution in [1.29, 1.82) is 0 Å². The number of nitrogens with zero attached hydrogens (tertiary/aromatic N) is 2. The van der Waals surface area contributed by atoms with Gasteiger partial charge in [0, 0.05) is 37.9 Å². The number of alkyl halides is 3. The predicted molar refractivity (Wildman–Crippen MR) is 121 cm³/mol. The summed E-state index contributed by atoms with van der Waals surface area (Å²) in [5.41, 5.74) is -0.658. The summed E-state index contributed by atoms with van der Waals surface area (Å²) in [7, 11) is 0. The molecule has 0 atom stereocenters. The van der Waals surface area contributed by atoms with Crippen LogP contribution in [-0.2, 0) is 11.0 Å². The lowest BCUT2D eigenvalue weighted by molar-refractivity contribution is -0.137. The topological polar surface area (TPSA) is 35.6 Å². The first kappa shape index (κ1) is 25.1. The fraction of sp³-hybridized carbons (Fsp3) is 0.560. The van der Waals surface area contributed by atoms with Crippen molar-refractivity contribution in [2.45, 2.75) is 50.7 Å². The molecule has 1 saturated carbocycles. The predicted octanol–water partition coefficient (Wildman–Crippen LogP) is 4.61. The van der Waals surface area contributed by atoms with Gasteiger partial charge < -0.3 is 10.2 Å². The molecule has 0 radical (unpaired) electrons. The van der Waals surface area contributed by atoms with Crippen molar-refractivity contribution in [1.82, 2.24) is 10.2 Å². The van der Waals surface area contributed by atoms with Gasteiger partial charge in [0.2, 0.25) is 5.91 Å². The van der Waals surface area contributed by atoms with E-state index in [9.17, 15) is 22.4 Å². The van der Waals surface area contributed by atoms with E-state index >= 15 is 0 Å². The Kier molecular flexibility index (Phi) is 8.79. The molecular formula is C25H31F4N3O. The van der Waals surface area contributed by atoms with Gasteiger partial charge in [0.1, 0.15) is 5.82 Å². The minimum absolute atomic E-state index is 0.0358. The molecule has 1 amide bonds. The van der Waals surface area contributed by atoms with Crippen LogP contribution >= 0.6 is 0 Å². The summed E-state index contributed by atoms with van der Waals surface area (Å²) < 4.78 is 52.7. The van der Waals surface area contributed by atoms with Crippen molar-refractivity contribution in [2.24, 2.45) is 5.92 Å². The number of rotatable bonds is 6. The number of nitrogens with one attached hydrogen (secondary N) is 1. The molecule has 4 nitrogen and oxygen atoms in total. The van der Waals surface area contributed by atoms with Gasteiger partial charge in [0.15, 0.2) is 0 Å². The Hall–Kier alpha value is -2.53. The van der Waals surface area contributed by atoms with Gasteiger partial charge in [-0.3, -0.25) is 9.69 Å². The van der Waals surface area contributed by atoms with Crippen LogP contribution in [0.2, 0.25) is 0 Å². The maximum atomic E-state index is 13.7. The molecule has 180 valence electrons. The highest BCUT2D eigenvalue weighted by Gasteiger charge is 2.32. The average molecular weight is 466 g/mol. The molecule has 0 spiro atoms. The summed E-state index contributed by atoms with van der Waals surface area (Å²) in [5, 5.41) is 3.05. The average Bonchev–Trinajstić information content (AvgIpc) is 2.78. The van der Waals surface area contributed by atoms with E-state index in [0.29, 0.717) is 25.1 Å². The highest BCUT2D eigenvalue weighted by molar-refractivity contribution is 5.78. The van der Waals surface area contributed by atoms with Crippen molar-refractivity contribution in [3.05, 3.63) is 42.2 Å². The minimum Gasteiger partial charge on any atom is -0.369 e. The fourth-order valence-electron chi connectivity index (χ4n) is 4.59. The summed E-state index contributed by atoms with van der Waals surface area (Å²) in [6.45, 7) is 7.10. The first-order valence-electron chi connectivity index (χ1n) is 11.5. The second kappa shape index (κ2) is 11.6. The third-order valence-corrected chi connectivity index (χ3v) is 6.47. The number of amides is 1. The van der Waals surface area contributed by atoms with Crippen molar-refractivity contribution in [3.63, 3.8) is 0 Å². The number of carbonyl (C=O) groups is 1. The lowest BCUT2D eigenvalue weighted by Crippen LogP contribution is -2.47. The molecule has 1 aromatic rings. The molecule has 1 N–H and O–H groups in total. The van der Waals surface area contributed by atoms with E-state index in [-0.39, 0.29) is 24.1 Å². The molecule has 33 heavy (non-hydrogen) atoms. The standard InChI is InChI=1S/C25H31F4N3O/c1-2-3-4-5-24(33)30-22-8-6-19(7-9-22)10-11-31-12-14-32(15-13-31)23-17-20(25(27,28)29)16-21(26)18-23/h2,16-19,22H,1,5-15H2,(H,30,33). The third kappa shape index (κ3) is 7.78. The Bertz CT molecular complexity index is 874. The molecule has 8 heteroatoms. The van der Waals surface area contributed by atoms with Crippen LogP contribution in [0, 0.1) is 23.6 Å². The normalized spacial score (nSPS) is 21.8. The van der Waals surface area contributed by atoms with Gasteiger partial charge in [0.25, 0.3) is 0 Å². The number of halogens is 4. The van der Waals surface area contributed by atoms with E-state index in [2.05, 4.69) is 28.6 Å². The lowest BCUT2D eigenvalue weighted by atomic mass is 9.84. The van der Waals surface area contributed by atoms with E-state index in [0.717, 1.165) is 57.8 Å². The van der Waals surface area contributed by atoms with Gasteiger partial charge >= 0.3 is 6.18 Å². The van der Waals surface area contributed by atoms with Crippen LogP contribution in [0.5, 0.6) is 0 Å². The number of anilines is 1. The lowest BCUT2D eigenvalue weighted by Gasteiger charge is -2.37. The van der Waals surface area contributed by atoms with Crippen molar-refractivity contribution >= 4 is 11.6 Å². The quantitative estimate of drug-likeness (QED) is 0.492. The molecule has 1 aromatic carbocycles. The number of benzene rings is 1. The summed E-state index contributed by atoms with van der Waals surface area (Å²) >= 11 is 0. The second-order valence-corrected chi connectivity index (χ2v) is 8.80. The molecule has 1 heterocycles. The van der Waals surface area contributed by atoms with E-state index in [1.165, 1.54) is 12.1 Å². The Morgan fingerprint density at radius 1 is 1.12 bits per heavy atom. The Morgan fingerprint density at radius 3 is 2.45 bits per heavy atom. The first-order chi connectivity index (χ1) is 15.7. The third-order valence-electron chi connectivity index (χ3n) is 6.47. The summed E-state index contributed by atoms with van der Waals surface area (Å²) in [4.78, 5) is 16.0.